The predicted molar refractivity (Wildman–Crippen MR) is 133 cm³/mol. The van der Waals surface area contributed by atoms with Crippen molar-refractivity contribution in [2.45, 2.75) is 16.7 Å². The fourth-order valence-corrected chi connectivity index (χ4v) is 6.17. The minimum atomic E-state index is -4.12. The van der Waals surface area contributed by atoms with Crippen LogP contribution in [0.4, 0.5) is 15.9 Å². The first kappa shape index (κ1) is 26.1. The summed E-state index contributed by atoms with van der Waals surface area (Å²) in [5, 5.41) is 0.248. The van der Waals surface area contributed by atoms with E-state index in [1.807, 2.05) is 0 Å². The van der Waals surface area contributed by atoms with Crippen LogP contribution in [0.3, 0.4) is 0 Å². The predicted octanol–water partition coefficient (Wildman–Crippen LogP) is 2.32. The second kappa shape index (κ2) is 9.47. The number of carbonyl (C=O) groups is 1. The maximum atomic E-state index is 14.3. The van der Waals surface area contributed by atoms with Crippen LogP contribution in [0.25, 0.3) is 0 Å². The molecule has 36 heavy (non-hydrogen) atoms. The Morgan fingerprint density at radius 3 is 2.22 bits per heavy atom. The zero-order valence-electron chi connectivity index (χ0n) is 19.6. The van der Waals surface area contributed by atoms with Gasteiger partial charge in [-0.05, 0) is 49.4 Å². The van der Waals surface area contributed by atoms with E-state index in [0.717, 1.165) is 8.28 Å². The molecule has 2 heterocycles. The molecule has 4 rings (SSSR count). The van der Waals surface area contributed by atoms with E-state index in [0.29, 0.717) is 6.54 Å². The van der Waals surface area contributed by atoms with Gasteiger partial charge in [0.25, 0.3) is 10.0 Å². The Labute approximate surface area is 213 Å². The van der Waals surface area contributed by atoms with Crippen molar-refractivity contribution < 1.29 is 26.0 Å². The molecule has 1 aliphatic heterocycles. The molecule has 0 aliphatic carbocycles. The molecule has 0 atom stereocenters. The number of imidazole rings is 1. The number of sulfonamides is 1. The minimum absolute atomic E-state index is 0.0462. The first-order chi connectivity index (χ1) is 16.8. The number of piperazine rings is 1. The van der Waals surface area contributed by atoms with E-state index in [2.05, 4.69) is 4.98 Å². The van der Waals surface area contributed by atoms with E-state index in [4.69, 9.17) is 11.6 Å². The highest BCUT2D eigenvalue weighted by Gasteiger charge is 2.30. The Bertz CT molecular complexity index is 1540. The number of carbonyl (C=O) groups excluding carboxylic acids is 1. The number of aromatic nitrogens is 2. The van der Waals surface area contributed by atoms with E-state index >= 15 is 0 Å². The van der Waals surface area contributed by atoms with E-state index in [1.165, 1.54) is 74.6 Å². The SMILES string of the molecule is Cc1nc(N2CCN(c3ccc(Cl)cc3F)CC2=O)cn1S(=O)(=O)c1ccc(S(=O)(=O)N(C)C)cc1. The Morgan fingerprint density at radius 2 is 1.64 bits per heavy atom. The maximum Gasteiger partial charge on any atom is 0.269 e. The number of rotatable bonds is 6. The van der Waals surface area contributed by atoms with Gasteiger partial charge in [0, 0.05) is 32.2 Å². The average Bonchev–Trinajstić information content (AvgIpc) is 3.21. The second-order valence-corrected chi connectivity index (χ2v) is 12.7. The van der Waals surface area contributed by atoms with Crippen molar-refractivity contribution >= 4 is 49.1 Å². The molecule has 0 spiro atoms. The summed E-state index contributed by atoms with van der Waals surface area (Å²) in [4.78, 5) is 19.9. The van der Waals surface area contributed by atoms with Gasteiger partial charge in [-0.3, -0.25) is 9.69 Å². The fraction of sp³-hybridized carbons (Fsp3) is 0.273. The summed E-state index contributed by atoms with van der Waals surface area (Å²) in [7, 11) is -5.08. The van der Waals surface area contributed by atoms with Gasteiger partial charge in [-0.2, -0.15) is 0 Å². The van der Waals surface area contributed by atoms with Crippen molar-refractivity contribution in [1.82, 2.24) is 13.3 Å². The first-order valence-corrected chi connectivity index (χ1v) is 13.9. The average molecular weight is 556 g/mol. The number of aryl methyl sites for hydroxylation is 1. The normalized spacial score (nSPS) is 15.1. The zero-order valence-corrected chi connectivity index (χ0v) is 22.0. The van der Waals surface area contributed by atoms with E-state index < -0.39 is 25.9 Å². The van der Waals surface area contributed by atoms with Gasteiger partial charge in [0.15, 0.2) is 5.82 Å². The Hall–Kier alpha value is -3.00. The Morgan fingerprint density at radius 1 is 1.00 bits per heavy atom. The number of halogens is 2. The molecular weight excluding hydrogens is 533 g/mol. The van der Waals surface area contributed by atoms with Crippen molar-refractivity contribution in [3.05, 3.63) is 65.3 Å². The highest BCUT2D eigenvalue weighted by Crippen LogP contribution is 2.27. The van der Waals surface area contributed by atoms with Crippen LogP contribution in [0.15, 0.2) is 58.5 Å². The molecule has 3 aromatic rings. The third kappa shape index (κ3) is 4.71. The van der Waals surface area contributed by atoms with Gasteiger partial charge < -0.3 is 4.90 Å². The molecule has 10 nitrogen and oxygen atoms in total. The van der Waals surface area contributed by atoms with Crippen molar-refractivity contribution in [2.75, 3.05) is 43.5 Å². The van der Waals surface area contributed by atoms with Crippen molar-refractivity contribution in [1.29, 1.82) is 0 Å². The summed E-state index contributed by atoms with van der Waals surface area (Å²) < 4.78 is 67.3. The number of nitrogens with zero attached hydrogens (tertiary/aromatic N) is 5. The smallest absolute Gasteiger partial charge is 0.269 e. The summed E-state index contributed by atoms with van der Waals surface area (Å²) in [6.45, 7) is 1.81. The number of hydrogen-bond donors (Lipinski definition) is 0. The summed E-state index contributed by atoms with van der Waals surface area (Å²) in [5.74, 6) is -0.659. The van der Waals surface area contributed by atoms with Gasteiger partial charge in [0.1, 0.15) is 11.6 Å². The largest absolute Gasteiger partial charge is 0.358 e. The van der Waals surface area contributed by atoms with Crippen LogP contribution in [0.5, 0.6) is 0 Å². The fourth-order valence-electron chi connectivity index (χ4n) is 3.78. The highest BCUT2D eigenvalue weighted by atomic mass is 35.5. The van der Waals surface area contributed by atoms with Gasteiger partial charge in [-0.1, -0.05) is 11.6 Å². The summed E-state index contributed by atoms with van der Waals surface area (Å²) >= 11 is 5.80. The number of amides is 1. The zero-order chi connectivity index (χ0) is 26.4. The van der Waals surface area contributed by atoms with E-state index in [1.54, 1.807) is 4.90 Å². The van der Waals surface area contributed by atoms with Gasteiger partial charge >= 0.3 is 0 Å². The van der Waals surface area contributed by atoms with E-state index in [9.17, 15) is 26.0 Å². The first-order valence-electron chi connectivity index (χ1n) is 10.7. The van der Waals surface area contributed by atoms with Crippen LogP contribution >= 0.6 is 11.6 Å². The Kier molecular flexibility index (Phi) is 6.86. The molecule has 1 amide bonds. The molecule has 1 aromatic heterocycles. The number of hydrogen-bond acceptors (Lipinski definition) is 7. The molecule has 192 valence electrons. The summed E-state index contributed by atoms with van der Waals surface area (Å²) in [6, 6.07) is 9.05. The van der Waals surface area contributed by atoms with E-state index in [-0.39, 0.29) is 51.1 Å². The second-order valence-electron chi connectivity index (χ2n) is 8.27. The standard InChI is InChI=1S/C22H23ClFN5O5S2/c1-15-25-21(28-11-10-27(14-22(28)30)20-9-4-16(23)12-19(20)24)13-29(15)36(33,34)18-7-5-17(6-8-18)35(31,32)26(2)3/h4-9,12-13H,10-11,14H2,1-3H3. The molecule has 0 bridgehead atoms. The van der Waals surface area contributed by atoms with Crippen molar-refractivity contribution in [3.63, 3.8) is 0 Å². The van der Waals surface area contributed by atoms with Gasteiger partial charge in [-0.15, -0.1) is 0 Å². The lowest BCUT2D eigenvalue weighted by Gasteiger charge is -2.34. The minimum Gasteiger partial charge on any atom is -0.358 e. The molecule has 14 heteroatoms. The Balaban J connectivity index is 1.57. The summed E-state index contributed by atoms with van der Waals surface area (Å²) in [5.41, 5.74) is 0.247. The lowest BCUT2D eigenvalue weighted by molar-refractivity contribution is -0.118. The highest BCUT2D eigenvalue weighted by molar-refractivity contribution is 7.90. The molecule has 2 aromatic carbocycles. The molecule has 0 radical (unpaired) electrons. The summed E-state index contributed by atoms with van der Waals surface area (Å²) in [6.07, 6.45) is 1.24. The maximum absolute atomic E-state index is 14.3. The van der Waals surface area contributed by atoms with Crippen LogP contribution in [0.1, 0.15) is 5.82 Å². The van der Waals surface area contributed by atoms with Gasteiger partial charge in [0.05, 0.1) is 28.2 Å². The molecule has 0 N–H and O–H groups in total. The van der Waals surface area contributed by atoms with Gasteiger partial charge in [-0.25, -0.2) is 34.5 Å². The third-order valence-electron chi connectivity index (χ3n) is 5.73. The molecular formula is C22H23ClFN5O5S2. The monoisotopic (exact) mass is 555 g/mol. The van der Waals surface area contributed by atoms with Crippen molar-refractivity contribution in [2.24, 2.45) is 0 Å². The van der Waals surface area contributed by atoms with Gasteiger partial charge in [0.2, 0.25) is 15.9 Å². The molecule has 0 unspecified atom stereocenters. The van der Waals surface area contributed by atoms with Crippen LogP contribution in [-0.2, 0) is 24.8 Å². The lowest BCUT2D eigenvalue weighted by atomic mass is 10.2. The molecule has 1 saturated heterocycles. The quantitative estimate of drug-likeness (QED) is 0.459. The molecule has 1 fully saturated rings. The third-order valence-corrected chi connectivity index (χ3v) is 9.55. The van der Waals surface area contributed by atoms with Crippen LogP contribution in [-0.4, -0.2) is 69.7 Å². The van der Waals surface area contributed by atoms with Crippen molar-refractivity contribution in [3.8, 4) is 0 Å². The topological polar surface area (TPSA) is 113 Å². The number of anilines is 2. The van der Waals surface area contributed by atoms with Crippen LogP contribution in [0, 0.1) is 12.7 Å². The molecule has 1 aliphatic rings. The van der Waals surface area contributed by atoms with Crippen LogP contribution in [0.2, 0.25) is 5.02 Å². The lowest BCUT2D eigenvalue weighted by Crippen LogP contribution is -2.51. The van der Waals surface area contributed by atoms with Crippen LogP contribution < -0.4 is 9.80 Å². The molecule has 0 saturated carbocycles. The number of benzene rings is 2.